The number of aliphatic hydroxyl groups is 1. The lowest BCUT2D eigenvalue weighted by atomic mass is 10.0. The highest BCUT2D eigenvalue weighted by atomic mass is 31.2. The molecule has 10 heteroatoms. The number of amides is 1. The number of nitrogens with one attached hydrogen (secondary N) is 1. The van der Waals surface area contributed by atoms with Crippen LogP contribution < -0.4 is 5.32 Å². The van der Waals surface area contributed by atoms with Crippen molar-refractivity contribution >= 4 is 19.7 Å². The zero-order valence-corrected chi connectivity index (χ0v) is 36.3. The summed E-state index contributed by atoms with van der Waals surface area (Å²) in [7, 11) is -4.41. The van der Waals surface area contributed by atoms with Gasteiger partial charge in [0.25, 0.3) is 0 Å². The van der Waals surface area contributed by atoms with Crippen LogP contribution in [0.4, 0.5) is 0 Å². The third-order valence-corrected chi connectivity index (χ3v) is 11.3. The van der Waals surface area contributed by atoms with Gasteiger partial charge in [-0.15, -0.1) is 0 Å². The minimum atomic E-state index is -4.41. The summed E-state index contributed by atoms with van der Waals surface area (Å²) in [6.07, 6.45) is 41.9. The Kier molecular flexibility index (Phi) is 40.9. The molecule has 0 aromatic carbocycles. The van der Waals surface area contributed by atoms with E-state index in [1.54, 1.807) is 0 Å². The zero-order chi connectivity index (χ0) is 39.6. The van der Waals surface area contributed by atoms with Crippen molar-refractivity contribution in [3.63, 3.8) is 0 Å². The molecular weight excluding hydrogens is 701 g/mol. The molecule has 322 valence electrons. The van der Waals surface area contributed by atoms with E-state index in [1.807, 2.05) is 0 Å². The van der Waals surface area contributed by atoms with Gasteiger partial charge in [0.1, 0.15) is 12.7 Å². The van der Waals surface area contributed by atoms with Gasteiger partial charge in [0, 0.05) is 19.4 Å². The lowest BCUT2D eigenvalue weighted by Crippen LogP contribution is -2.27. The van der Waals surface area contributed by atoms with Crippen LogP contribution >= 0.6 is 7.82 Å². The van der Waals surface area contributed by atoms with Crippen LogP contribution in [0.3, 0.4) is 0 Å². The smallest absolute Gasteiger partial charge is 0.463 e. The van der Waals surface area contributed by atoms with Crippen molar-refractivity contribution in [1.82, 2.24) is 5.32 Å². The molecule has 0 aliphatic carbocycles. The van der Waals surface area contributed by atoms with E-state index in [2.05, 4.69) is 19.2 Å². The van der Waals surface area contributed by atoms with Gasteiger partial charge in [-0.1, -0.05) is 213 Å². The van der Waals surface area contributed by atoms with Crippen molar-refractivity contribution in [2.45, 2.75) is 245 Å². The Balaban J connectivity index is 3.51. The van der Waals surface area contributed by atoms with E-state index in [0.29, 0.717) is 12.8 Å². The number of hydrogen-bond donors (Lipinski definition) is 3. The quantitative estimate of drug-likeness (QED) is 0.0316. The van der Waals surface area contributed by atoms with Gasteiger partial charge in [0.2, 0.25) is 5.91 Å². The number of hydrogen-bond acceptors (Lipinski definition) is 7. The predicted molar refractivity (Wildman–Crippen MR) is 225 cm³/mol. The number of ether oxygens (including phenoxy) is 1. The summed E-state index contributed by atoms with van der Waals surface area (Å²) in [6.45, 7) is 3.59. The molecule has 0 heterocycles. The third-order valence-electron chi connectivity index (χ3n) is 10.3. The Morgan fingerprint density at radius 1 is 0.500 bits per heavy atom. The highest BCUT2D eigenvalue weighted by molar-refractivity contribution is 7.47. The maximum atomic E-state index is 12.1. The van der Waals surface area contributed by atoms with Crippen molar-refractivity contribution in [2.24, 2.45) is 0 Å². The molecule has 0 aliphatic heterocycles. The van der Waals surface area contributed by atoms with Gasteiger partial charge < -0.3 is 20.1 Å². The summed E-state index contributed by atoms with van der Waals surface area (Å²) >= 11 is 0. The molecule has 0 spiro atoms. The van der Waals surface area contributed by atoms with Gasteiger partial charge in [-0.05, 0) is 12.8 Å². The van der Waals surface area contributed by atoms with Crippen LogP contribution in [0.15, 0.2) is 0 Å². The number of unbranched alkanes of at least 4 members (excludes halogenated alkanes) is 31. The maximum Gasteiger partial charge on any atom is 0.472 e. The lowest BCUT2D eigenvalue weighted by Gasteiger charge is -2.15. The van der Waals surface area contributed by atoms with E-state index < -0.39 is 26.5 Å². The SMILES string of the molecule is CCCCCCCCCCCCCCCCCCCCCCCCC(=O)OCC(O)COP(=O)(O)OCCNC(=O)CCCCCCCCCCCCC. The van der Waals surface area contributed by atoms with Crippen LogP contribution in [-0.2, 0) is 27.9 Å². The van der Waals surface area contributed by atoms with Crippen LogP contribution in [-0.4, -0.2) is 54.3 Å². The number of phosphoric ester groups is 1. The van der Waals surface area contributed by atoms with Gasteiger partial charge in [-0.25, -0.2) is 4.57 Å². The third kappa shape index (κ3) is 42.2. The minimum Gasteiger partial charge on any atom is -0.463 e. The fourth-order valence-corrected chi connectivity index (χ4v) is 7.55. The number of esters is 1. The van der Waals surface area contributed by atoms with E-state index in [-0.39, 0.29) is 25.7 Å². The number of carbonyl (C=O) groups is 2. The fraction of sp³-hybridized carbons (Fsp3) is 0.955. The van der Waals surface area contributed by atoms with Crippen molar-refractivity contribution in [2.75, 3.05) is 26.4 Å². The summed E-state index contributed by atoms with van der Waals surface area (Å²) in [6, 6.07) is 0. The van der Waals surface area contributed by atoms with Crippen molar-refractivity contribution < 1.29 is 37.9 Å². The van der Waals surface area contributed by atoms with E-state index in [4.69, 9.17) is 13.8 Å². The Labute approximate surface area is 333 Å². The first kappa shape index (κ1) is 53.0. The standard InChI is InChI=1S/C44H88NO8P/c1-3-5-7-9-11-13-15-16-17-18-19-20-21-22-23-24-25-27-29-31-33-35-37-44(48)51-40-42(46)41-53-54(49,50)52-39-38-45-43(47)36-34-32-30-28-26-14-12-10-8-6-4-2/h42,46H,3-41H2,1-2H3,(H,45,47)(H,49,50). The van der Waals surface area contributed by atoms with Gasteiger partial charge in [0.05, 0.1) is 13.2 Å². The summed E-state index contributed by atoms with van der Waals surface area (Å²) in [5.74, 6) is -0.504. The molecule has 0 radical (unpaired) electrons. The second-order valence-corrected chi connectivity index (χ2v) is 17.2. The van der Waals surface area contributed by atoms with Gasteiger partial charge in [-0.3, -0.25) is 18.6 Å². The van der Waals surface area contributed by atoms with Crippen LogP contribution in [0.5, 0.6) is 0 Å². The molecule has 0 aliphatic rings. The van der Waals surface area contributed by atoms with Crippen LogP contribution in [0.2, 0.25) is 0 Å². The molecule has 0 rings (SSSR count). The molecule has 0 aromatic heterocycles. The number of carbonyl (C=O) groups excluding carboxylic acids is 2. The largest absolute Gasteiger partial charge is 0.472 e. The van der Waals surface area contributed by atoms with Crippen molar-refractivity contribution in [3.05, 3.63) is 0 Å². The second-order valence-electron chi connectivity index (χ2n) is 15.7. The summed E-state index contributed by atoms with van der Waals surface area (Å²) in [5, 5.41) is 12.7. The van der Waals surface area contributed by atoms with Gasteiger partial charge >= 0.3 is 13.8 Å². The van der Waals surface area contributed by atoms with E-state index in [9.17, 15) is 24.2 Å². The van der Waals surface area contributed by atoms with Crippen molar-refractivity contribution in [1.29, 1.82) is 0 Å². The Bertz CT molecular complexity index is 860. The lowest BCUT2D eigenvalue weighted by molar-refractivity contribution is -0.147. The van der Waals surface area contributed by atoms with Crippen LogP contribution in [0.25, 0.3) is 0 Å². The van der Waals surface area contributed by atoms with Gasteiger partial charge in [0.15, 0.2) is 0 Å². The van der Waals surface area contributed by atoms with E-state index in [0.717, 1.165) is 38.5 Å². The highest BCUT2D eigenvalue weighted by Gasteiger charge is 2.23. The molecule has 0 saturated carbocycles. The highest BCUT2D eigenvalue weighted by Crippen LogP contribution is 2.42. The monoisotopic (exact) mass is 790 g/mol. The topological polar surface area (TPSA) is 131 Å². The Morgan fingerprint density at radius 3 is 1.20 bits per heavy atom. The average Bonchev–Trinajstić information content (AvgIpc) is 3.16. The van der Waals surface area contributed by atoms with E-state index >= 15 is 0 Å². The summed E-state index contributed by atoms with van der Waals surface area (Å²) in [5.41, 5.74) is 0. The van der Waals surface area contributed by atoms with E-state index in [1.165, 1.54) is 173 Å². The second kappa shape index (κ2) is 41.6. The molecular formula is C44H88NO8P. The minimum absolute atomic E-state index is 0.0878. The molecule has 3 N–H and O–H groups in total. The summed E-state index contributed by atoms with van der Waals surface area (Å²) in [4.78, 5) is 33.9. The zero-order valence-electron chi connectivity index (χ0n) is 35.4. The first-order chi connectivity index (χ1) is 26.3. The molecule has 54 heavy (non-hydrogen) atoms. The Hall–Kier alpha value is -0.990. The van der Waals surface area contributed by atoms with Gasteiger partial charge in [-0.2, -0.15) is 0 Å². The number of phosphoric acid groups is 1. The predicted octanol–water partition coefficient (Wildman–Crippen LogP) is 12.8. The maximum absolute atomic E-state index is 12.1. The van der Waals surface area contributed by atoms with Crippen LogP contribution in [0.1, 0.15) is 239 Å². The molecule has 0 fully saturated rings. The molecule has 2 atom stereocenters. The molecule has 0 saturated heterocycles. The average molecular weight is 790 g/mol. The molecule has 2 unspecified atom stereocenters. The first-order valence-electron chi connectivity index (χ1n) is 23.0. The molecule has 0 bridgehead atoms. The summed E-state index contributed by atoms with van der Waals surface area (Å²) < 4.78 is 26.9. The van der Waals surface area contributed by atoms with Crippen LogP contribution in [0, 0.1) is 0 Å². The number of aliphatic hydroxyl groups excluding tert-OH is 1. The Morgan fingerprint density at radius 2 is 0.833 bits per heavy atom. The van der Waals surface area contributed by atoms with Crippen molar-refractivity contribution in [3.8, 4) is 0 Å². The normalized spacial score (nSPS) is 13.2. The molecule has 0 aromatic rings. The first-order valence-corrected chi connectivity index (χ1v) is 24.5. The molecule has 9 nitrogen and oxygen atoms in total. The fourth-order valence-electron chi connectivity index (χ4n) is 6.79. The molecule has 1 amide bonds. The number of rotatable bonds is 44.